The molecule has 0 amide bonds. The van der Waals surface area contributed by atoms with E-state index in [2.05, 4.69) is 5.09 Å². The Morgan fingerprint density at radius 1 is 1.40 bits per heavy atom. The average molecular weight is 467 g/mol. The molecule has 0 aromatic carbocycles. The Morgan fingerprint density at radius 3 is 2.70 bits per heavy atom. The smallest absolute Gasteiger partial charge is 0.330 e. The fourth-order valence-electron chi connectivity index (χ4n) is 2.73. The summed E-state index contributed by atoms with van der Waals surface area (Å²) in [6.07, 6.45) is -4.20. The van der Waals surface area contributed by atoms with Crippen LogP contribution in [0.1, 0.15) is 27.0 Å². The van der Waals surface area contributed by atoms with Gasteiger partial charge in [0.15, 0.2) is 6.23 Å². The maximum Gasteiger partial charge on any atom is 0.330 e. The van der Waals surface area contributed by atoms with Crippen molar-refractivity contribution in [2.75, 3.05) is 19.0 Å². The topological polar surface area (TPSA) is 169 Å². The molecule has 2 heterocycles. The van der Waals surface area contributed by atoms with Crippen molar-refractivity contribution in [1.29, 1.82) is 0 Å². The predicted octanol–water partition coefficient (Wildman–Crippen LogP) is -0.425. The van der Waals surface area contributed by atoms with Crippen LogP contribution in [0.2, 0.25) is 0 Å². The maximum absolute atomic E-state index is 13.0. The van der Waals surface area contributed by atoms with Crippen LogP contribution in [0.3, 0.4) is 0 Å². The fourth-order valence-corrected chi connectivity index (χ4v) is 6.35. The molecule has 0 bridgehead atoms. The fraction of sp³-hybridized carbons (Fsp3) is 0.688. The van der Waals surface area contributed by atoms with Crippen molar-refractivity contribution in [1.82, 2.24) is 14.6 Å². The van der Waals surface area contributed by atoms with Crippen LogP contribution < -0.4 is 16.3 Å². The number of nitrogens with one attached hydrogen (secondary N) is 2. The lowest BCUT2D eigenvalue weighted by atomic mass is 10.1. The second-order valence-corrected chi connectivity index (χ2v) is 10.9. The van der Waals surface area contributed by atoms with E-state index in [0.29, 0.717) is 5.75 Å². The number of aliphatic hydroxyl groups excluding tert-OH is 2. The third-order valence-corrected chi connectivity index (χ3v) is 8.38. The minimum atomic E-state index is -3.58. The first-order valence-electron chi connectivity index (χ1n) is 9.28. The van der Waals surface area contributed by atoms with Crippen molar-refractivity contribution < 1.29 is 33.6 Å². The summed E-state index contributed by atoms with van der Waals surface area (Å²) in [5.74, 6) is -0.186. The first kappa shape index (κ1) is 24.8. The SMILES string of the molecule is CCOC(=O)[C@@H](C)NP(=O)(OC[C@H]1O[C@@H](n2ccc(=O)[nH]c2=O)[C@H](O)[C@@H]1O)SCC. The molecule has 0 radical (unpaired) electrons. The van der Waals surface area contributed by atoms with E-state index in [0.717, 1.165) is 28.2 Å². The van der Waals surface area contributed by atoms with Crippen LogP contribution in [0.4, 0.5) is 0 Å². The summed E-state index contributed by atoms with van der Waals surface area (Å²) < 4.78 is 29.8. The lowest BCUT2D eigenvalue weighted by Gasteiger charge is -2.23. The highest BCUT2D eigenvalue weighted by atomic mass is 32.7. The van der Waals surface area contributed by atoms with Crippen LogP contribution in [-0.4, -0.2) is 69.1 Å². The molecule has 1 aliphatic rings. The van der Waals surface area contributed by atoms with Crippen LogP contribution in [-0.2, 0) is 23.4 Å². The second-order valence-electron chi connectivity index (χ2n) is 6.38. The quantitative estimate of drug-likeness (QED) is 0.260. The first-order valence-corrected chi connectivity index (χ1v) is 12.5. The minimum Gasteiger partial charge on any atom is -0.465 e. The van der Waals surface area contributed by atoms with Gasteiger partial charge in [0.25, 0.3) is 5.56 Å². The van der Waals surface area contributed by atoms with Gasteiger partial charge in [-0.2, -0.15) is 0 Å². The minimum absolute atomic E-state index is 0.169. The number of aromatic nitrogens is 2. The molecule has 0 saturated carbocycles. The summed E-state index contributed by atoms with van der Waals surface area (Å²) in [6, 6.07) is 0.169. The van der Waals surface area contributed by atoms with Gasteiger partial charge in [-0.1, -0.05) is 18.3 Å². The van der Waals surface area contributed by atoms with Crippen molar-refractivity contribution in [3.63, 3.8) is 0 Å². The van der Waals surface area contributed by atoms with Gasteiger partial charge in [0.05, 0.1) is 13.2 Å². The van der Waals surface area contributed by atoms with Gasteiger partial charge in [-0.05, 0) is 13.8 Å². The van der Waals surface area contributed by atoms with Gasteiger partial charge in [-0.15, -0.1) is 0 Å². The van der Waals surface area contributed by atoms with Crippen molar-refractivity contribution in [2.45, 2.75) is 51.4 Å². The Hall–Kier alpha value is -1.47. The Labute approximate surface area is 176 Å². The van der Waals surface area contributed by atoms with E-state index in [1.165, 1.54) is 6.92 Å². The molecule has 1 fully saturated rings. The zero-order valence-electron chi connectivity index (χ0n) is 16.7. The molecule has 0 spiro atoms. The molecular weight excluding hydrogens is 441 g/mol. The Bertz CT molecular complexity index is 891. The normalized spacial score (nSPS) is 26.8. The highest BCUT2D eigenvalue weighted by Crippen LogP contribution is 2.56. The summed E-state index contributed by atoms with van der Waals surface area (Å²) in [4.78, 5) is 37.0. The third kappa shape index (κ3) is 6.03. The number of hydrogen-bond donors (Lipinski definition) is 4. The Morgan fingerprint density at radius 2 is 2.10 bits per heavy atom. The zero-order chi connectivity index (χ0) is 22.5. The average Bonchev–Trinajstić information content (AvgIpc) is 2.95. The second kappa shape index (κ2) is 10.7. The molecule has 170 valence electrons. The lowest BCUT2D eigenvalue weighted by molar-refractivity contribution is -0.144. The molecule has 0 aliphatic carbocycles. The number of rotatable bonds is 10. The highest BCUT2D eigenvalue weighted by molar-refractivity contribution is 8.56. The summed E-state index contributed by atoms with van der Waals surface area (Å²) in [5, 5.41) is 23.1. The van der Waals surface area contributed by atoms with Crippen LogP contribution in [0.15, 0.2) is 21.9 Å². The van der Waals surface area contributed by atoms with E-state index in [9.17, 15) is 29.2 Å². The summed E-state index contributed by atoms with van der Waals surface area (Å²) in [7, 11) is 0. The molecule has 1 saturated heterocycles. The van der Waals surface area contributed by atoms with Crippen LogP contribution >= 0.6 is 18.1 Å². The number of aliphatic hydroxyl groups is 2. The highest BCUT2D eigenvalue weighted by Gasteiger charge is 2.45. The van der Waals surface area contributed by atoms with Crippen LogP contribution in [0, 0.1) is 0 Å². The molecule has 12 nitrogen and oxygen atoms in total. The van der Waals surface area contributed by atoms with Crippen LogP contribution in [0.5, 0.6) is 0 Å². The zero-order valence-corrected chi connectivity index (χ0v) is 18.4. The number of ether oxygens (including phenoxy) is 2. The summed E-state index contributed by atoms with van der Waals surface area (Å²) >= 11 is 0.949. The molecule has 2 rings (SSSR count). The molecular formula is C16H26N3O9PS. The van der Waals surface area contributed by atoms with E-state index in [1.54, 1.807) is 13.8 Å². The number of carbonyl (C=O) groups is 1. The largest absolute Gasteiger partial charge is 0.465 e. The van der Waals surface area contributed by atoms with Gasteiger partial charge < -0.3 is 24.2 Å². The summed E-state index contributed by atoms with van der Waals surface area (Å²) in [5.41, 5.74) is -1.44. The van der Waals surface area contributed by atoms with Gasteiger partial charge >= 0.3 is 18.4 Å². The van der Waals surface area contributed by atoms with Gasteiger partial charge in [0.1, 0.15) is 24.4 Å². The van der Waals surface area contributed by atoms with Crippen molar-refractivity contribution >= 4 is 24.1 Å². The van der Waals surface area contributed by atoms with E-state index in [4.69, 9.17) is 14.0 Å². The predicted molar refractivity (Wildman–Crippen MR) is 108 cm³/mol. The number of aromatic amines is 1. The number of H-pyrrole nitrogens is 1. The molecule has 1 unspecified atom stereocenters. The number of esters is 1. The van der Waals surface area contributed by atoms with E-state index < -0.39 is 54.5 Å². The standard InChI is InChI=1S/C16H26N3O9PS/c1-4-26-15(23)9(3)18-29(25,30-5-2)27-8-10-12(21)13(22)14(28-10)19-7-6-11(20)17-16(19)24/h6-7,9-10,12-14,21-22H,4-5,8H2,1-3H3,(H,18,25)(H,17,20,24)/t9-,10-,12-,13-,14-,29?/m1/s1. The van der Waals surface area contributed by atoms with E-state index in [-0.39, 0.29) is 13.2 Å². The van der Waals surface area contributed by atoms with Crippen molar-refractivity contribution in [3.05, 3.63) is 33.1 Å². The molecule has 1 aliphatic heterocycles. The third-order valence-electron chi connectivity index (χ3n) is 4.16. The van der Waals surface area contributed by atoms with E-state index >= 15 is 0 Å². The lowest BCUT2D eigenvalue weighted by Crippen LogP contribution is -2.37. The molecule has 1 aromatic rings. The maximum atomic E-state index is 13.0. The number of carbonyl (C=O) groups excluding carboxylic acids is 1. The first-order chi connectivity index (χ1) is 14.1. The molecule has 14 heteroatoms. The van der Waals surface area contributed by atoms with Gasteiger partial charge in [-0.25, -0.2) is 9.88 Å². The van der Waals surface area contributed by atoms with E-state index in [1.807, 2.05) is 4.98 Å². The van der Waals surface area contributed by atoms with Crippen LogP contribution in [0.25, 0.3) is 0 Å². The molecule has 30 heavy (non-hydrogen) atoms. The monoisotopic (exact) mass is 467 g/mol. The van der Waals surface area contributed by atoms with Gasteiger partial charge in [-0.3, -0.25) is 23.7 Å². The molecule has 4 N–H and O–H groups in total. The van der Waals surface area contributed by atoms with Crippen molar-refractivity contribution in [2.24, 2.45) is 0 Å². The van der Waals surface area contributed by atoms with Crippen molar-refractivity contribution in [3.8, 4) is 0 Å². The summed E-state index contributed by atoms with van der Waals surface area (Å²) in [6.45, 7) is 1.08. The Balaban J connectivity index is 2.08. The van der Waals surface area contributed by atoms with Gasteiger partial charge in [0, 0.05) is 18.0 Å². The number of nitrogens with zero attached hydrogens (tertiary/aromatic N) is 1. The molecule has 6 atom stereocenters. The number of hydrogen-bond acceptors (Lipinski definition) is 10. The Kier molecular flexibility index (Phi) is 8.85. The molecule has 1 aromatic heterocycles. The van der Waals surface area contributed by atoms with Gasteiger partial charge in [0.2, 0.25) is 0 Å².